The van der Waals surface area contributed by atoms with Crippen molar-refractivity contribution < 1.29 is 14.1 Å². The quantitative estimate of drug-likeness (QED) is 0.670. The minimum Gasteiger partial charge on any atom is -0.368 e. The van der Waals surface area contributed by atoms with Gasteiger partial charge in [-0.2, -0.15) is 4.39 Å². The van der Waals surface area contributed by atoms with Crippen LogP contribution in [-0.4, -0.2) is 28.3 Å². The highest BCUT2D eigenvalue weighted by Gasteiger charge is 2.27. The number of rotatable bonds is 4. The second-order valence-electron chi connectivity index (χ2n) is 4.93. The number of nitrogens with zero attached hydrogens (tertiary/aromatic N) is 2. The minimum atomic E-state index is -0.861. The van der Waals surface area contributed by atoms with Crippen molar-refractivity contribution in [2.45, 2.75) is 31.8 Å². The van der Waals surface area contributed by atoms with Crippen molar-refractivity contribution in [3.63, 3.8) is 0 Å². The topological polar surface area (TPSA) is 89.5 Å². The van der Waals surface area contributed by atoms with E-state index in [2.05, 4.69) is 0 Å². The molecule has 1 saturated heterocycles. The van der Waals surface area contributed by atoms with Crippen LogP contribution in [0.4, 0.5) is 10.1 Å². The Morgan fingerprint density at radius 2 is 2.25 bits per heavy atom. The lowest BCUT2D eigenvalue weighted by atomic mass is 10.0. The molecule has 2 rings (SSSR count). The average molecular weight is 281 g/mol. The lowest BCUT2D eigenvalue weighted by molar-refractivity contribution is -0.387. The smallest absolute Gasteiger partial charge is 0.304 e. The number of nitro groups is 1. The summed E-state index contributed by atoms with van der Waals surface area (Å²) in [5.41, 5.74) is 5.42. The molecule has 0 aromatic heterocycles. The molecule has 1 amide bonds. The molecule has 20 heavy (non-hydrogen) atoms. The lowest BCUT2D eigenvalue weighted by Crippen LogP contribution is -2.47. The van der Waals surface area contributed by atoms with Gasteiger partial charge in [0.1, 0.15) is 0 Å². The number of hydrogen-bond acceptors (Lipinski definition) is 4. The van der Waals surface area contributed by atoms with Crippen molar-refractivity contribution in [3.8, 4) is 0 Å². The maximum atomic E-state index is 13.6. The van der Waals surface area contributed by atoms with E-state index in [-0.39, 0.29) is 11.9 Å². The summed E-state index contributed by atoms with van der Waals surface area (Å²) in [5.74, 6) is -1.24. The van der Waals surface area contributed by atoms with E-state index in [0.29, 0.717) is 25.1 Å². The van der Waals surface area contributed by atoms with Gasteiger partial charge in [-0.3, -0.25) is 19.8 Å². The van der Waals surface area contributed by atoms with Crippen molar-refractivity contribution in [2.75, 3.05) is 6.54 Å². The van der Waals surface area contributed by atoms with Crippen LogP contribution in [0.3, 0.4) is 0 Å². The minimum absolute atomic E-state index is 0.345. The average Bonchev–Trinajstić information content (AvgIpc) is 2.38. The maximum Gasteiger partial charge on any atom is 0.304 e. The number of piperidine rings is 1. The van der Waals surface area contributed by atoms with E-state index in [1.54, 1.807) is 0 Å². The normalized spacial score (nSPS) is 19.8. The van der Waals surface area contributed by atoms with Crippen LogP contribution < -0.4 is 5.73 Å². The Morgan fingerprint density at radius 1 is 1.50 bits per heavy atom. The van der Waals surface area contributed by atoms with Crippen molar-refractivity contribution in [1.82, 2.24) is 4.90 Å². The van der Waals surface area contributed by atoms with Crippen LogP contribution in [0, 0.1) is 15.9 Å². The first kappa shape index (κ1) is 14.4. The van der Waals surface area contributed by atoms with Gasteiger partial charge >= 0.3 is 5.69 Å². The lowest BCUT2D eigenvalue weighted by Gasteiger charge is -2.33. The molecule has 0 radical (unpaired) electrons. The van der Waals surface area contributed by atoms with Crippen molar-refractivity contribution >= 4 is 11.6 Å². The van der Waals surface area contributed by atoms with E-state index in [9.17, 15) is 19.3 Å². The third-order valence-corrected chi connectivity index (χ3v) is 3.54. The number of carbonyl (C=O) groups excluding carboxylic acids is 1. The molecule has 0 saturated carbocycles. The van der Waals surface area contributed by atoms with Gasteiger partial charge in [-0.25, -0.2) is 0 Å². The second kappa shape index (κ2) is 5.96. The number of carbonyl (C=O) groups is 1. The van der Waals surface area contributed by atoms with E-state index >= 15 is 0 Å². The summed E-state index contributed by atoms with van der Waals surface area (Å²) in [6.07, 6.45) is 2.60. The van der Waals surface area contributed by atoms with Crippen molar-refractivity contribution in [3.05, 3.63) is 39.7 Å². The van der Waals surface area contributed by atoms with Gasteiger partial charge in [0.25, 0.3) is 0 Å². The van der Waals surface area contributed by atoms with Gasteiger partial charge < -0.3 is 5.73 Å². The van der Waals surface area contributed by atoms with Gasteiger partial charge in [0.05, 0.1) is 11.0 Å². The molecule has 1 aliphatic heterocycles. The monoisotopic (exact) mass is 281 g/mol. The standard InChI is InChI=1S/C13H16FN3O3/c14-10-7-9(4-5-11(10)17(19)20)8-16-6-2-1-3-12(16)13(15)18/h4-5,7,12H,1-3,6,8H2,(H2,15,18). The molecular weight excluding hydrogens is 265 g/mol. The zero-order chi connectivity index (χ0) is 14.7. The number of halogens is 1. The molecule has 0 aliphatic carbocycles. The number of amides is 1. The predicted octanol–water partition coefficient (Wildman–Crippen LogP) is 1.57. The van der Waals surface area contributed by atoms with Gasteiger partial charge in [-0.15, -0.1) is 0 Å². The summed E-state index contributed by atoms with van der Waals surface area (Å²) in [6, 6.07) is 3.45. The second-order valence-corrected chi connectivity index (χ2v) is 4.93. The number of hydrogen-bond donors (Lipinski definition) is 1. The SMILES string of the molecule is NC(=O)C1CCCCN1Cc1ccc([N+](=O)[O-])c(F)c1. The zero-order valence-electron chi connectivity index (χ0n) is 10.9. The summed E-state index contributed by atoms with van der Waals surface area (Å²) in [4.78, 5) is 23.1. The van der Waals surface area contributed by atoms with E-state index in [0.717, 1.165) is 25.0 Å². The molecule has 1 unspecified atom stereocenters. The summed E-state index contributed by atoms with van der Waals surface area (Å²) in [6.45, 7) is 1.08. The predicted molar refractivity (Wildman–Crippen MR) is 70.3 cm³/mol. The first-order chi connectivity index (χ1) is 9.49. The largest absolute Gasteiger partial charge is 0.368 e. The van der Waals surface area contributed by atoms with Crippen LogP contribution in [0.2, 0.25) is 0 Å². The Balaban J connectivity index is 2.14. The van der Waals surface area contributed by atoms with Gasteiger partial charge in [0.2, 0.25) is 11.7 Å². The molecule has 1 aliphatic rings. The molecule has 1 heterocycles. The van der Waals surface area contributed by atoms with Crippen LogP contribution in [0.25, 0.3) is 0 Å². The molecular formula is C13H16FN3O3. The van der Waals surface area contributed by atoms with Crippen LogP contribution in [0.5, 0.6) is 0 Å². The summed E-state index contributed by atoms with van der Waals surface area (Å²) < 4.78 is 13.6. The van der Waals surface area contributed by atoms with Gasteiger partial charge in [0, 0.05) is 12.6 Å². The van der Waals surface area contributed by atoms with E-state index in [1.165, 1.54) is 6.07 Å². The molecule has 7 heteroatoms. The Labute approximate surface area is 115 Å². The number of likely N-dealkylation sites (tertiary alicyclic amines) is 1. The third-order valence-electron chi connectivity index (χ3n) is 3.54. The number of nitro benzene ring substituents is 1. The zero-order valence-corrected chi connectivity index (χ0v) is 10.9. The number of benzene rings is 1. The van der Waals surface area contributed by atoms with Gasteiger partial charge in [-0.1, -0.05) is 12.5 Å². The van der Waals surface area contributed by atoms with Gasteiger partial charge in [-0.05, 0) is 31.0 Å². The number of primary amides is 1. The summed E-state index contributed by atoms with van der Waals surface area (Å²) in [5, 5.41) is 10.6. The van der Waals surface area contributed by atoms with Crippen LogP contribution in [-0.2, 0) is 11.3 Å². The highest BCUT2D eigenvalue weighted by molar-refractivity contribution is 5.79. The Morgan fingerprint density at radius 3 is 2.85 bits per heavy atom. The van der Waals surface area contributed by atoms with Gasteiger partial charge in [0.15, 0.2) is 0 Å². The molecule has 2 N–H and O–H groups in total. The van der Waals surface area contributed by atoms with Crippen molar-refractivity contribution in [1.29, 1.82) is 0 Å². The molecule has 1 aromatic carbocycles. The molecule has 1 fully saturated rings. The molecule has 6 nitrogen and oxygen atoms in total. The van der Waals surface area contributed by atoms with E-state index in [1.807, 2.05) is 4.90 Å². The molecule has 0 spiro atoms. The van der Waals surface area contributed by atoms with Crippen LogP contribution in [0.1, 0.15) is 24.8 Å². The molecule has 1 atom stereocenters. The highest BCUT2D eigenvalue weighted by Crippen LogP contribution is 2.22. The highest BCUT2D eigenvalue weighted by atomic mass is 19.1. The molecule has 1 aromatic rings. The fraction of sp³-hybridized carbons (Fsp3) is 0.462. The van der Waals surface area contributed by atoms with Crippen LogP contribution >= 0.6 is 0 Å². The summed E-state index contributed by atoms with van der Waals surface area (Å²) in [7, 11) is 0. The fourth-order valence-electron chi connectivity index (χ4n) is 2.53. The first-order valence-electron chi connectivity index (χ1n) is 6.45. The van der Waals surface area contributed by atoms with E-state index in [4.69, 9.17) is 5.73 Å². The number of nitrogens with two attached hydrogens (primary N) is 1. The summed E-state index contributed by atoms with van der Waals surface area (Å²) >= 11 is 0. The van der Waals surface area contributed by atoms with Crippen LogP contribution in [0.15, 0.2) is 18.2 Å². The Kier molecular flexibility index (Phi) is 4.29. The Hall–Kier alpha value is -2.02. The maximum absolute atomic E-state index is 13.6. The first-order valence-corrected chi connectivity index (χ1v) is 6.45. The fourth-order valence-corrected chi connectivity index (χ4v) is 2.53. The van der Waals surface area contributed by atoms with E-state index < -0.39 is 16.4 Å². The third kappa shape index (κ3) is 3.11. The molecule has 108 valence electrons. The Bertz CT molecular complexity index is 536. The van der Waals surface area contributed by atoms with Crippen molar-refractivity contribution in [2.24, 2.45) is 5.73 Å². The molecule has 0 bridgehead atoms.